The molecule has 0 spiro atoms. The zero-order valence-corrected chi connectivity index (χ0v) is 21.2. The van der Waals surface area contributed by atoms with Gasteiger partial charge < -0.3 is 14.2 Å². The van der Waals surface area contributed by atoms with E-state index in [-0.39, 0.29) is 22.3 Å². The van der Waals surface area contributed by atoms with Crippen LogP contribution in [0.1, 0.15) is 76.3 Å². The molecule has 32 heavy (non-hydrogen) atoms. The molecule has 3 nitrogen and oxygen atoms in total. The van der Waals surface area contributed by atoms with Gasteiger partial charge in [-0.2, -0.15) is 0 Å². The number of benzene rings is 2. The Balaban J connectivity index is -0.0000000485. The molecule has 2 rings (SSSR count). The molecular formula is C29H60O3. The number of aryl methyl sites for hydroxylation is 1. The third-order valence-corrected chi connectivity index (χ3v) is 2.39. The maximum atomic E-state index is 4.91. The predicted octanol–water partition coefficient (Wildman–Crippen LogP) is 9.59. The van der Waals surface area contributed by atoms with E-state index in [4.69, 9.17) is 9.47 Å². The van der Waals surface area contributed by atoms with E-state index in [1.165, 1.54) is 5.56 Å². The summed E-state index contributed by atoms with van der Waals surface area (Å²) in [5, 5.41) is 0. The van der Waals surface area contributed by atoms with E-state index in [9.17, 15) is 0 Å². The van der Waals surface area contributed by atoms with Gasteiger partial charge >= 0.3 is 0 Å². The SMILES string of the molecule is C.C.C.CC.CC(C)C.COC.COC(C)C.COc1ccccc1.Cc1ccccc1. The molecule has 0 aliphatic rings. The number of para-hydroxylation sites is 1. The second kappa shape index (κ2) is 43.1. The topological polar surface area (TPSA) is 27.7 Å². The summed E-state index contributed by atoms with van der Waals surface area (Å²) >= 11 is 0. The van der Waals surface area contributed by atoms with E-state index < -0.39 is 0 Å². The fraction of sp³-hybridized carbons (Fsp3) is 0.586. The van der Waals surface area contributed by atoms with Gasteiger partial charge in [0, 0.05) is 21.3 Å². The highest BCUT2D eigenvalue weighted by molar-refractivity contribution is 5.20. The Hall–Kier alpha value is -1.84. The quantitative estimate of drug-likeness (QED) is 0.450. The van der Waals surface area contributed by atoms with Crippen molar-refractivity contribution in [1.29, 1.82) is 0 Å². The van der Waals surface area contributed by atoms with Gasteiger partial charge in [-0.15, -0.1) is 0 Å². The number of hydrogen-bond donors (Lipinski definition) is 0. The van der Waals surface area contributed by atoms with Crippen molar-refractivity contribution in [1.82, 2.24) is 0 Å². The second-order valence-corrected chi connectivity index (χ2v) is 6.60. The first-order valence-corrected chi connectivity index (χ1v) is 10.3. The minimum absolute atomic E-state index is 0. The summed E-state index contributed by atoms with van der Waals surface area (Å²) in [6, 6.07) is 19.9. The summed E-state index contributed by atoms with van der Waals surface area (Å²) in [6.07, 6.45) is 0.384. The highest BCUT2D eigenvalue weighted by Crippen LogP contribution is 2.05. The summed E-state index contributed by atoms with van der Waals surface area (Å²) in [4.78, 5) is 0. The van der Waals surface area contributed by atoms with Crippen molar-refractivity contribution >= 4 is 0 Å². The minimum atomic E-state index is 0. The van der Waals surface area contributed by atoms with Gasteiger partial charge in [-0.1, -0.05) is 111 Å². The fourth-order valence-electron chi connectivity index (χ4n) is 1.09. The van der Waals surface area contributed by atoms with Crippen molar-refractivity contribution < 1.29 is 14.2 Å². The van der Waals surface area contributed by atoms with E-state index in [2.05, 4.69) is 44.6 Å². The average molecular weight is 457 g/mol. The molecule has 0 aliphatic carbocycles. The molecule has 0 atom stereocenters. The molecule has 0 aromatic heterocycles. The van der Waals surface area contributed by atoms with Crippen LogP contribution >= 0.6 is 0 Å². The normalized spacial score (nSPS) is 7.44. The molecule has 0 unspecified atom stereocenters. The number of ether oxygens (including phenoxy) is 3. The van der Waals surface area contributed by atoms with Crippen LogP contribution in [0.2, 0.25) is 0 Å². The number of methoxy groups -OCH3 is 3. The molecule has 0 heterocycles. The van der Waals surface area contributed by atoms with Gasteiger partial charge in [-0.3, -0.25) is 0 Å². The van der Waals surface area contributed by atoms with Crippen LogP contribution in [0.25, 0.3) is 0 Å². The molecule has 0 amide bonds. The van der Waals surface area contributed by atoms with Crippen LogP contribution in [-0.4, -0.2) is 34.5 Å². The van der Waals surface area contributed by atoms with Crippen molar-refractivity contribution in [2.24, 2.45) is 5.92 Å². The standard InChI is InChI=1S/C7H8O.C7H8.C4H10O.C4H10.C2H6O.C2H6.3CH4/c1-8-7-5-3-2-4-6-7;1-7-5-3-2-4-6-7;1-4(2)5-3;1-4(2)3;1-3-2;1-2;;;/h2-6H,1H3;2-6H,1H3;4H,1-3H3;4H,1-3H3;1-2H3;1-2H3;3*1H4. The monoisotopic (exact) mass is 456 g/mol. The van der Waals surface area contributed by atoms with Crippen LogP contribution in [0, 0.1) is 12.8 Å². The summed E-state index contributed by atoms with van der Waals surface area (Å²) in [6.45, 7) is 16.6. The van der Waals surface area contributed by atoms with Crippen LogP contribution in [0.4, 0.5) is 0 Å². The maximum Gasteiger partial charge on any atom is 0.118 e. The number of rotatable bonds is 2. The lowest BCUT2D eigenvalue weighted by atomic mass is 10.2. The molecule has 3 heteroatoms. The van der Waals surface area contributed by atoms with Gasteiger partial charge in [-0.05, 0) is 38.8 Å². The Labute approximate surface area is 204 Å². The Morgan fingerprint density at radius 2 is 0.844 bits per heavy atom. The van der Waals surface area contributed by atoms with Gasteiger partial charge in [0.15, 0.2) is 0 Å². The summed E-state index contributed by atoms with van der Waals surface area (Å²) in [5.41, 5.74) is 1.32. The first kappa shape index (κ1) is 47.8. The van der Waals surface area contributed by atoms with Crippen molar-refractivity contribution in [2.45, 2.75) is 83.8 Å². The zero-order chi connectivity index (χ0) is 23.5. The maximum absolute atomic E-state index is 4.91. The highest BCUT2D eigenvalue weighted by atomic mass is 16.5. The van der Waals surface area contributed by atoms with Gasteiger partial charge in [0.05, 0.1) is 13.2 Å². The zero-order valence-electron chi connectivity index (χ0n) is 21.2. The van der Waals surface area contributed by atoms with Crippen LogP contribution in [0.15, 0.2) is 60.7 Å². The van der Waals surface area contributed by atoms with Crippen molar-refractivity contribution in [3.05, 3.63) is 66.2 Å². The average Bonchev–Trinajstić information content (AvgIpc) is 2.72. The van der Waals surface area contributed by atoms with E-state index >= 15 is 0 Å². The Bertz CT molecular complexity index is 466. The summed E-state index contributed by atoms with van der Waals surface area (Å²) in [7, 11) is 6.61. The van der Waals surface area contributed by atoms with Crippen molar-refractivity contribution in [2.75, 3.05) is 28.4 Å². The van der Waals surface area contributed by atoms with Crippen LogP contribution in [0.5, 0.6) is 5.75 Å². The minimum Gasteiger partial charge on any atom is -0.497 e. The first-order valence-electron chi connectivity index (χ1n) is 10.3. The van der Waals surface area contributed by atoms with E-state index in [0.717, 1.165) is 11.7 Å². The molecule has 0 N–H and O–H groups in total. The Kier molecular flexibility index (Phi) is 64.4. The lowest BCUT2D eigenvalue weighted by Crippen LogP contribution is -1.94. The van der Waals surface area contributed by atoms with Crippen LogP contribution in [-0.2, 0) is 9.47 Å². The van der Waals surface area contributed by atoms with Crippen LogP contribution in [0.3, 0.4) is 0 Å². The molecular weight excluding hydrogens is 396 g/mol. The molecule has 0 bridgehead atoms. The van der Waals surface area contributed by atoms with Crippen LogP contribution < -0.4 is 4.74 Å². The van der Waals surface area contributed by atoms with Crippen molar-refractivity contribution in [3.8, 4) is 5.75 Å². The van der Waals surface area contributed by atoms with Gasteiger partial charge in [0.1, 0.15) is 5.75 Å². The molecule has 2 aromatic rings. The molecule has 0 radical (unpaired) electrons. The molecule has 0 saturated heterocycles. The largest absolute Gasteiger partial charge is 0.497 e. The third kappa shape index (κ3) is 63.0. The molecule has 2 aromatic carbocycles. The summed E-state index contributed by atoms with van der Waals surface area (Å²) < 4.78 is 13.9. The Morgan fingerprint density at radius 1 is 0.594 bits per heavy atom. The lowest BCUT2D eigenvalue weighted by molar-refractivity contribution is 0.134. The Morgan fingerprint density at radius 3 is 0.969 bits per heavy atom. The smallest absolute Gasteiger partial charge is 0.118 e. The fourth-order valence-corrected chi connectivity index (χ4v) is 1.09. The second-order valence-electron chi connectivity index (χ2n) is 6.60. The van der Waals surface area contributed by atoms with Gasteiger partial charge in [-0.25, -0.2) is 0 Å². The molecule has 0 fully saturated rings. The van der Waals surface area contributed by atoms with E-state index in [0.29, 0.717) is 6.10 Å². The third-order valence-electron chi connectivity index (χ3n) is 2.39. The highest BCUT2D eigenvalue weighted by Gasteiger charge is 1.80. The lowest BCUT2D eigenvalue weighted by Gasteiger charge is -1.94. The summed E-state index contributed by atoms with van der Waals surface area (Å²) in [5.74, 6) is 1.74. The van der Waals surface area contributed by atoms with Gasteiger partial charge in [0.2, 0.25) is 0 Å². The van der Waals surface area contributed by atoms with Crippen molar-refractivity contribution in [3.63, 3.8) is 0 Å². The number of hydrogen-bond acceptors (Lipinski definition) is 3. The predicted molar refractivity (Wildman–Crippen MR) is 151 cm³/mol. The van der Waals surface area contributed by atoms with E-state index in [1.54, 1.807) is 28.4 Å². The molecule has 0 aliphatic heterocycles. The molecule has 0 saturated carbocycles. The first-order chi connectivity index (χ1) is 13.7. The van der Waals surface area contributed by atoms with E-state index in [1.807, 2.05) is 76.2 Å². The molecule has 194 valence electrons. The van der Waals surface area contributed by atoms with Gasteiger partial charge in [0.25, 0.3) is 0 Å².